The molecule has 3 aromatic rings. The van der Waals surface area contributed by atoms with Crippen LogP contribution < -0.4 is 16.0 Å². The van der Waals surface area contributed by atoms with E-state index in [-0.39, 0.29) is 18.5 Å². The number of nitrogens with one attached hydrogen (secondary N) is 3. The molecule has 3 amide bonds. The van der Waals surface area contributed by atoms with Gasteiger partial charge in [-0.3, -0.25) is 4.79 Å². The van der Waals surface area contributed by atoms with Crippen LogP contribution in [0.1, 0.15) is 18.1 Å². The van der Waals surface area contributed by atoms with Crippen molar-refractivity contribution in [1.29, 1.82) is 0 Å². The van der Waals surface area contributed by atoms with Gasteiger partial charge in [0.25, 0.3) is 0 Å². The van der Waals surface area contributed by atoms with Crippen LogP contribution in [0.5, 0.6) is 0 Å². The molecular weight excluding hydrogens is 346 g/mol. The van der Waals surface area contributed by atoms with Gasteiger partial charge in [-0.25, -0.2) is 19.4 Å². The van der Waals surface area contributed by atoms with Crippen molar-refractivity contribution in [1.82, 2.24) is 25.1 Å². The SMILES string of the molecule is CC(=O)Nc1ccc(C)c(NC(=O)NCc2cccnc2-n2cncn2)c1. The van der Waals surface area contributed by atoms with Crippen molar-refractivity contribution in [3.05, 3.63) is 60.3 Å². The third-order valence-corrected chi connectivity index (χ3v) is 3.75. The molecule has 0 bridgehead atoms. The molecule has 138 valence electrons. The van der Waals surface area contributed by atoms with Gasteiger partial charge in [0.15, 0.2) is 5.82 Å². The normalized spacial score (nSPS) is 10.3. The van der Waals surface area contributed by atoms with E-state index in [1.165, 1.54) is 17.9 Å². The third kappa shape index (κ3) is 4.66. The molecular formula is C18H19N7O2. The van der Waals surface area contributed by atoms with Crippen molar-refractivity contribution in [2.75, 3.05) is 10.6 Å². The average molecular weight is 365 g/mol. The summed E-state index contributed by atoms with van der Waals surface area (Å²) in [5, 5.41) is 12.3. The highest BCUT2D eigenvalue weighted by molar-refractivity contribution is 5.93. The Morgan fingerprint density at radius 2 is 2.04 bits per heavy atom. The van der Waals surface area contributed by atoms with Crippen LogP contribution in [0.4, 0.5) is 16.2 Å². The van der Waals surface area contributed by atoms with Gasteiger partial charge in [0.1, 0.15) is 12.7 Å². The maximum atomic E-state index is 12.3. The van der Waals surface area contributed by atoms with E-state index in [0.717, 1.165) is 11.1 Å². The van der Waals surface area contributed by atoms with Gasteiger partial charge in [0.2, 0.25) is 5.91 Å². The number of pyridine rings is 1. The second-order valence-corrected chi connectivity index (χ2v) is 5.84. The van der Waals surface area contributed by atoms with E-state index in [1.807, 2.05) is 19.1 Å². The predicted octanol–water partition coefficient (Wildman–Crippen LogP) is 2.25. The first-order chi connectivity index (χ1) is 13.0. The number of urea groups is 1. The Kier molecular flexibility index (Phi) is 5.41. The van der Waals surface area contributed by atoms with Gasteiger partial charge in [-0.15, -0.1) is 0 Å². The van der Waals surface area contributed by atoms with E-state index in [9.17, 15) is 9.59 Å². The average Bonchev–Trinajstić information content (AvgIpc) is 3.17. The maximum absolute atomic E-state index is 12.3. The van der Waals surface area contributed by atoms with Crippen LogP contribution in [0.25, 0.3) is 5.82 Å². The van der Waals surface area contributed by atoms with Crippen molar-refractivity contribution in [2.24, 2.45) is 0 Å². The molecule has 0 atom stereocenters. The molecule has 0 fully saturated rings. The Morgan fingerprint density at radius 3 is 2.78 bits per heavy atom. The minimum absolute atomic E-state index is 0.175. The van der Waals surface area contributed by atoms with E-state index < -0.39 is 0 Å². The Labute approximate surface area is 155 Å². The summed E-state index contributed by atoms with van der Waals surface area (Å²) in [6, 6.07) is 8.58. The monoisotopic (exact) mass is 365 g/mol. The van der Waals surface area contributed by atoms with Gasteiger partial charge in [-0.2, -0.15) is 5.10 Å². The summed E-state index contributed by atoms with van der Waals surface area (Å²) in [5.41, 5.74) is 2.90. The highest BCUT2D eigenvalue weighted by Gasteiger charge is 2.10. The summed E-state index contributed by atoms with van der Waals surface area (Å²) in [5.74, 6) is 0.422. The lowest BCUT2D eigenvalue weighted by Gasteiger charge is -2.13. The smallest absolute Gasteiger partial charge is 0.319 e. The fourth-order valence-corrected chi connectivity index (χ4v) is 2.47. The third-order valence-electron chi connectivity index (χ3n) is 3.75. The maximum Gasteiger partial charge on any atom is 0.319 e. The molecule has 0 saturated carbocycles. The highest BCUT2D eigenvalue weighted by atomic mass is 16.2. The minimum Gasteiger partial charge on any atom is -0.334 e. The molecule has 3 rings (SSSR count). The van der Waals surface area contributed by atoms with Crippen LogP contribution in [-0.2, 0) is 11.3 Å². The molecule has 0 aliphatic heterocycles. The molecule has 2 aromatic heterocycles. The Bertz CT molecular complexity index is 954. The number of carbonyl (C=O) groups excluding carboxylic acids is 2. The van der Waals surface area contributed by atoms with Gasteiger partial charge >= 0.3 is 6.03 Å². The first-order valence-corrected chi connectivity index (χ1v) is 8.25. The van der Waals surface area contributed by atoms with Crippen LogP contribution >= 0.6 is 0 Å². The van der Waals surface area contributed by atoms with Crippen LogP contribution in [0, 0.1) is 6.92 Å². The fourth-order valence-electron chi connectivity index (χ4n) is 2.47. The topological polar surface area (TPSA) is 114 Å². The molecule has 0 unspecified atom stereocenters. The molecule has 0 saturated heterocycles. The molecule has 9 nitrogen and oxygen atoms in total. The summed E-state index contributed by atoms with van der Waals surface area (Å²) in [4.78, 5) is 31.7. The molecule has 0 aliphatic carbocycles. The lowest BCUT2D eigenvalue weighted by Crippen LogP contribution is -2.29. The van der Waals surface area contributed by atoms with Gasteiger partial charge < -0.3 is 16.0 Å². The Hall–Kier alpha value is -3.75. The molecule has 2 heterocycles. The zero-order valence-electron chi connectivity index (χ0n) is 14.9. The van der Waals surface area contributed by atoms with Crippen molar-refractivity contribution in [3.63, 3.8) is 0 Å². The van der Waals surface area contributed by atoms with Crippen LogP contribution in [0.3, 0.4) is 0 Å². The number of aryl methyl sites for hydroxylation is 1. The standard InChI is InChI=1S/C18H19N7O2/c1-12-5-6-15(23-13(2)26)8-16(12)24-18(27)21-9-14-4-3-7-20-17(14)25-11-19-10-22-25/h3-8,10-11H,9H2,1-2H3,(H,23,26)(H2,21,24,27). The van der Waals surface area contributed by atoms with E-state index in [4.69, 9.17) is 0 Å². The number of hydrogen-bond donors (Lipinski definition) is 3. The van der Waals surface area contributed by atoms with E-state index in [2.05, 4.69) is 31.0 Å². The highest BCUT2D eigenvalue weighted by Crippen LogP contribution is 2.20. The van der Waals surface area contributed by atoms with Crippen molar-refractivity contribution in [2.45, 2.75) is 20.4 Å². The van der Waals surface area contributed by atoms with Gasteiger partial charge in [0, 0.05) is 36.6 Å². The van der Waals surface area contributed by atoms with Crippen LogP contribution in [0.15, 0.2) is 49.2 Å². The number of aromatic nitrogens is 4. The second kappa shape index (κ2) is 8.09. The van der Waals surface area contributed by atoms with Crippen LogP contribution in [-0.4, -0.2) is 31.7 Å². The summed E-state index contributed by atoms with van der Waals surface area (Å²) >= 11 is 0. The van der Waals surface area contributed by atoms with E-state index >= 15 is 0 Å². The Morgan fingerprint density at radius 1 is 1.19 bits per heavy atom. The zero-order chi connectivity index (χ0) is 19.2. The lowest BCUT2D eigenvalue weighted by atomic mass is 10.2. The van der Waals surface area contributed by atoms with Crippen molar-refractivity contribution in [3.8, 4) is 5.82 Å². The van der Waals surface area contributed by atoms with Crippen molar-refractivity contribution < 1.29 is 9.59 Å². The molecule has 27 heavy (non-hydrogen) atoms. The minimum atomic E-state index is -0.369. The number of benzene rings is 1. The molecule has 9 heteroatoms. The first kappa shape index (κ1) is 18.1. The number of hydrogen-bond acceptors (Lipinski definition) is 5. The Balaban J connectivity index is 1.67. The van der Waals surface area contributed by atoms with E-state index in [1.54, 1.807) is 30.7 Å². The molecule has 0 aliphatic rings. The summed E-state index contributed by atoms with van der Waals surface area (Å²) < 4.78 is 1.54. The number of rotatable bonds is 5. The van der Waals surface area contributed by atoms with Gasteiger partial charge in [-0.1, -0.05) is 12.1 Å². The molecule has 3 N–H and O–H groups in total. The lowest BCUT2D eigenvalue weighted by molar-refractivity contribution is -0.114. The number of amides is 3. The summed E-state index contributed by atoms with van der Waals surface area (Å²) in [7, 11) is 0. The quantitative estimate of drug-likeness (QED) is 0.642. The second-order valence-electron chi connectivity index (χ2n) is 5.84. The van der Waals surface area contributed by atoms with Gasteiger partial charge in [0.05, 0.1) is 0 Å². The largest absolute Gasteiger partial charge is 0.334 e. The van der Waals surface area contributed by atoms with Crippen molar-refractivity contribution >= 4 is 23.3 Å². The fraction of sp³-hybridized carbons (Fsp3) is 0.167. The summed E-state index contributed by atoms with van der Waals surface area (Å²) in [6.07, 6.45) is 4.61. The number of nitrogens with zero attached hydrogens (tertiary/aromatic N) is 4. The summed E-state index contributed by atoms with van der Waals surface area (Å²) in [6.45, 7) is 3.57. The van der Waals surface area contributed by atoms with Crippen LogP contribution in [0.2, 0.25) is 0 Å². The molecule has 0 spiro atoms. The molecule has 1 aromatic carbocycles. The predicted molar refractivity (Wildman–Crippen MR) is 100 cm³/mol. The zero-order valence-corrected chi connectivity index (χ0v) is 14.9. The number of carbonyl (C=O) groups is 2. The van der Waals surface area contributed by atoms with E-state index in [0.29, 0.717) is 17.2 Å². The van der Waals surface area contributed by atoms with Gasteiger partial charge in [-0.05, 0) is 30.7 Å². The number of anilines is 2. The molecule has 0 radical (unpaired) electrons. The first-order valence-electron chi connectivity index (χ1n) is 8.25.